The zero-order valence-corrected chi connectivity index (χ0v) is 15.9. The van der Waals surface area contributed by atoms with Crippen LogP contribution < -0.4 is 25.4 Å². The third kappa shape index (κ3) is 6.22. The lowest BCUT2D eigenvalue weighted by molar-refractivity contribution is 0.0954. The topological polar surface area (TPSA) is 84.0 Å². The van der Waals surface area contributed by atoms with E-state index < -0.39 is 0 Å². The molecule has 0 bridgehead atoms. The molecule has 0 aliphatic rings. The third-order valence-electron chi connectivity index (χ3n) is 3.69. The molecule has 0 aliphatic heterocycles. The van der Waals surface area contributed by atoms with Crippen LogP contribution in [0.15, 0.2) is 53.5 Å². The average molecular weight is 370 g/mol. The van der Waals surface area contributed by atoms with Crippen LogP contribution in [-0.2, 0) is 0 Å². The molecule has 0 aromatic heterocycles. The number of aliphatic imine (C=N–C) groups is 1. The first kappa shape index (κ1) is 20.1. The molecule has 3 N–H and O–H groups in total. The molecule has 0 heterocycles. The molecule has 7 nitrogen and oxygen atoms in total. The predicted molar refractivity (Wildman–Crippen MR) is 108 cm³/mol. The Morgan fingerprint density at radius 3 is 2.44 bits per heavy atom. The number of rotatable bonds is 8. The van der Waals surface area contributed by atoms with E-state index in [1.54, 1.807) is 26.3 Å². The monoisotopic (exact) mass is 370 g/mol. The van der Waals surface area contributed by atoms with Gasteiger partial charge in [-0.25, -0.2) is 0 Å². The summed E-state index contributed by atoms with van der Waals surface area (Å²) in [7, 11) is 3.29. The zero-order chi connectivity index (χ0) is 19.5. The first-order valence-corrected chi connectivity index (χ1v) is 8.79. The number of carbonyl (C=O) groups is 1. The van der Waals surface area contributed by atoms with Gasteiger partial charge in [0.15, 0.2) is 17.5 Å². The van der Waals surface area contributed by atoms with Crippen molar-refractivity contribution < 1.29 is 14.3 Å². The normalized spacial score (nSPS) is 10.9. The minimum absolute atomic E-state index is 0.100. The Morgan fingerprint density at radius 2 is 1.78 bits per heavy atom. The fourth-order valence-corrected chi connectivity index (χ4v) is 2.39. The molecule has 0 fully saturated rings. The van der Waals surface area contributed by atoms with Crippen molar-refractivity contribution in [1.29, 1.82) is 0 Å². The van der Waals surface area contributed by atoms with Gasteiger partial charge in [-0.05, 0) is 31.2 Å². The number of hydrogen-bond donors (Lipinski definition) is 3. The number of carbonyl (C=O) groups excluding carboxylic acids is 1. The van der Waals surface area contributed by atoms with E-state index in [4.69, 9.17) is 9.47 Å². The molecule has 0 saturated heterocycles. The fraction of sp³-hybridized carbons (Fsp3) is 0.300. The molecule has 27 heavy (non-hydrogen) atoms. The molecule has 2 aromatic rings. The van der Waals surface area contributed by atoms with Gasteiger partial charge in [0.05, 0.1) is 13.7 Å². The van der Waals surface area contributed by atoms with Crippen LogP contribution in [0.1, 0.15) is 17.3 Å². The summed E-state index contributed by atoms with van der Waals surface area (Å²) < 4.78 is 10.9. The first-order valence-electron chi connectivity index (χ1n) is 8.79. The van der Waals surface area contributed by atoms with E-state index in [1.165, 1.54) is 0 Å². The third-order valence-corrected chi connectivity index (χ3v) is 3.69. The number of amides is 1. The van der Waals surface area contributed by atoms with E-state index in [1.807, 2.05) is 43.3 Å². The Kier molecular flexibility index (Phi) is 7.96. The summed E-state index contributed by atoms with van der Waals surface area (Å²) in [5.41, 5.74) is 1.46. The van der Waals surface area contributed by atoms with E-state index in [9.17, 15) is 4.79 Å². The average Bonchev–Trinajstić information content (AvgIpc) is 2.71. The number of guanidine groups is 1. The number of nitrogens with one attached hydrogen (secondary N) is 3. The highest BCUT2D eigenvalue weighted by Crippen LogP contribution is 2.30. The number of anilines is 1. The molecule has 1 amide bonds. The highest BCUT2D eigenvalue weighted by Gasteiger charge is 2.07. The second-order valence-electron chi connectivity index (χ2n) is 5.54. The molecule has 2 aromatic carbocycles. The molecule has 0 radical (unpaired) electrons. The minimum Gasteiger partial charge on any atom is -0.493 e. The second kappa shape index (κ2) is 10.7. The standard InChI is InChI=1S/C20H26N4O3/c1-4-27-18-14-16(10-11-17(18)26-3)24-20(21-2)23-13-12-22-19(25)15-8-6-5-7-9-15/h5-11,14H,4,12-13H2,1-3H3,(H,22,25)(H2,21,23,24). The van der Waals surface area contributed by atoms with Crippen molar-refractivity contribution in [1.82, 2.24) is 10.6 Å². The van der Waals surface area contributed by atoms with Crippen molar-refractivity contribution in [2.45, 2.75) is 6.92 Å². The SMILES string of the molecule is CCOc1cc(NC(=NC)NCCNC(=O)c2ccccc2)ccc1OC. The Morgan fingerprint density at radius 1 is 1.04 bits per heavy atom. The van der Waals surface area contributed by atoms with Crippen molar-refractivity contribution in [2.24, 2.45) is 4.99 Å². The van der Waals surface area contributed by atoms with Gasteiger partial charge < -0.3 is 25.4 Å². The summed E-state index contributed by atoms with van der Waals surface area (Å²) in [6.07, 6.45) is 0. The maximum absolute atomic E-state index is 12.0. The van der Waals surface area contributed by atoms with Gasteiger partial charge in [0, 0.05) is 37.5 Å². The van der Waals surface area contributed by atoms with Crippen LogP contribution in [0.5, 0.6) is 11.5 Å². The van der Waals surface area contributed by atoms with Gasteiger partial charge >= 0.3 is 0 Å². The lowest BCUT2D eigenvalue weighted by atomic mass is 10.2. The van der Waals surface area contributed by atoms with Gasteiger partial charge in [-0.1, -0.05) is 18.2 Å². The van der Waals surface area contributed by atoms with E-state index in [0.29, 0.717) is 42.7 Å². The van der Waals surface area contributed by atoms with Crippen LogP contribution in [0, 0.1) is 0 Å². The van der Waals surface area contributed by atoms with Gasteiger partial charge in [0.2, 0.25) is 0 Å². The highest BCUT2D eigenvalue weighted by atomic mass is 16.5. The van der Waals surface area contributed by atoms with Crippen LogP contribution in [-0.4, -0.2) is 45.7 Å². The second-order valence-corrected chi connectivity index (χ2v) is 5.54. The lowest BCUT2D eigenvalue weighted by Gasteiger charge is -2.15. The summed E-state index contributed by atoms with van der Waals surface area (Å²) in [6, 6.07) is 14.7. The fourth-order valence-electron chi connectivity index (χ4n) is 2.39. The van der Waals surface area contributed by atoms with Crippen LogP contribution in [0.4, 0.5) is 5.69 Å². The quantitative estimate of drug-likeness (QED) is 0.378. The van der Waals surface area contributed by atoms with E-state index in [2.05, 4.69) is 20.9 Å². The lowest BCUT2D eigenvalue weighted by Crippen LogP contribution is -2.37. The Bertz CT molecular complexity index is 763. The van der Waals surface area contributed by atoms with Crippen molar-refractivity contribution in [2.75, 3.05) is 39.2 Å². The van der Waals surface area contributed by atoms with Gasteiger partial charge in [-0.3, -0.25) is 9.79 Å². The zero-order valence-electron chi connectivity index (χ0n) is 15.9. The van der Waals surface area contributed by atoms with Crippen molar-refractivity contribution >= 4 is 17.6 Å². The first-order chi connectivity index (χ1) is 13.2. The van der Waals surface area contributed by atoms with Gasteiger partial charge in [-0.2, -0.15) is 0 Å². The van der Waals surface area contributed by atoms with Gasteiger partial charge in [0.1, 0.15) is 0 Å². The summed E-state index contributed by atoms with van der Waals surface area (Å²) in [4.78, 5) is 16.2. The van der Waals surface area contributed by atoms with E-state index in [0.717, 1.165) is 5.69 Å². The summed E-state index contributed by atoms with van der Waals surface area (Å²) in [5, 5.41) is 9.21. The molecule has 144 valence electrons. The number of hydrogen-bond acceptors (Lipinski definition) is 4. The van der Waals surface area contributed by atoms with Crippen molar-refractivity contribution in [3.05, 3.63) is 54.1 Å². The Balaban J connectivity index is 1.84. The summed E-state index contributed by atoms with van der Waals surface area (Å²) >= 11 is 0. The number of methoxy groups -OCH3 is 1. The minimum atomic E-state index is -0.100. The summed E-state index contributed by atoms with van der Waals surface area (Å²) in [6.45, 7) is 3.48. The van der Waals surface area contributed by atoms with Crippen molar-refractivity contribution in [3.8, 4) is 11.5 Å². The van der Waals surface area contributed by atoms with Gasteiger partial charge in [0.25, 0.3) is 5.91 Å². The Labute approximate surface area is 159 Å². The maximum atomic E-state index is 12.0. The predicted octanol–water partition coefficient (Wildman–Crippen LogP) is 2.51. The molecule has 0 atom stereocenters. The molecule has 0 spiro atoms. The Hall–Kier alpha value is -3.22. The van der Waals surface area contributed by atoms with Crippen LogP contribution in [0.25, 0.3) is 0 Å². The number of benzene rings is 2. The van der Waals surface area contributed by atoms with Crippen LogP contribution in [0.2, 0.25) is 0 Å². The van der Waals surface area contributed by atoms with Gasteiger partial charge in [-0.15, -0.1) is 0 Å². The highest BCUT2D eigenvalue weighted by molar-refractivity contribution is 5.95. The number of nitrogens with zero attached hydrogens (tertiary/aromatic N) is 1. The van der Waals surface area contributed by atoms with Crippen LogP contribution >= 0.6 is 0 Å². The molecular formula is C20H26N4O3. The smallest absolute Gasteiger partial charge is 0.251 e. The molecular weight excluding hydrogens is 344 g/mol. The molecule has 0 unspecified atom stereocenters. The molecule has 0 saturated carbocycles. The summed E-state index contributed by atoms with van der Waals surface area (Å²) in [5.74, 6) is 1.83. The molecule has 7 heteroatoms. The van der Waals surface area contributed by atoms with Crippen molar-refractivity contribution in [3.63, 3.8) is 0 Å². The van der Waals surface area contributed by atoms with E-state index in [-0.39, 0.29) is 5.91 Å². The maximum Gasteiger partial charge on any atom is 0.251 e. The van der Waals surface area contributed by atoms with E-state index >= 15 is 0 Å². The molecule has 0 aliphatic carbocycles. The van der Waals surface area contributed by atoms with Crippen LogP contribution in [0.3, 0.4) is 0 Å². The number of ether oxygens (including phenoxy) is 2. The molecule has 2 rings (SSSR count). The largest absolute Gasteiger partial charge is 0.493 e.